The fourth-order valence-corrected chi connectivity index (χ4v) is 4.98. The third-order valence-electron chi connectivity index (χ3n) is 6.67. The van der Waals surface area contributed by atoms with Crippen LogP contribution in [0, 0.1) is 0 Å². The van der Waals surface area contributed by atoms with Gasteiger partial charge in [0.05, 0.1) is 35.0 Å². The highest BCUT2D eigenvalue weighted by Crippen LogP contribution is 2.47. The predicted molar refractivity (Wildman–Crippen MR) is 167 cm³/mol. The Morgan fingerprint density at radius 2 is 1.00 bits per heavy atom. The van der Waals surface area contributed by atoms with Crippen molar-refractivity contribution in [1.29, 1.82) is 0 Å². The second-order valence-corrected chi connectivity index (χ2v) is 8.79. The molecule has 0 saturated carbocycles. The largest absolute Gasteiger partial charge is 0.464 e. The maximum Gasteiger partial charge on any atom is 0.136 e. The lowest BCUT2D eigenvalue weighted by molar-refractivity contribution is 0.617. The Labute approximate surface area is 260 Å². The van der Waals surface area contributed by atoms with Crippen molar-refractivity contribution in [2.75, 3.05) is 0 Å². The lowest BCUT2D eigenvalue weighted by atomic mass is 9.87. The van der Waals surface area contributed by atoms with Crippen molar-refractivity contribution in [1.82, 2.24) is 0 Å². The van der Waals surface area contributed by atoms with E-state index in [1.165, 1.54) is 0 Å². The molecular weight excluding hydrogens is 488 g/mol. The van der Waals surface area contributed by atoms with E-state index in [1.807, 2.05) is 0 Å². The lowest BCUT2D eigenvalue weighted by Crippen LogP contribution is -1.89. The molecule has 7 aromatic carbocycles. The van der Waals surface area contributed by atoms with E-state index in [0.29, 0.717) is 0 Å². The summed E-state index contributed by atoms with van der Waals surface area (Å²) in [6, 6.07) is -16.4. The van der Waals surface area contributed by atoms with Gasteiger partial charge in [-0.15, -0.1) is 0 Å². The number of fused-ring (bicyclic) bond motifs is 7. The van der Waals surface area contributed by atoms with Crippen LogP contribution in [0.1, 0.15) is 30.2 Å². The van der Waals surface area contributed by atoms with Crippen LogP contribution in [0.2, 0.25) is 0 Å². The first-order valence-corrected chi connectivity index (χ1v) is 11.8. The van der Waals surface area contributed by atoms with E-state index in [2.05, 4.69) is 0 Å². The fraction of sp³-hybridized carbons (Fsp3) is 0. The molecule has 0 fully saturated rings. The highest BCUT2D eigenvalue weighted by atomic mass is 16.3. The molecule has 2 aromatic heterocycles. The Morgan fingerprint density at radius 1 is 0.425 bits per heavy atom. The number of rotatable bonds is 2. The molecule has 0 atom stereocenters. The molecule has 2 heteroatoms. The van der Waals surface area contributed by atoms with Crippen molar-refractivity contribution >= 4 is 65.0 Å². The smallest absolute Gasteiger partial charge is 0.136 e. The van der Waals surface area contributed by atoms with Crippen molar-refractivity contribution in [3.8, 4) is 22.5 Å². The van der Waals surface area contributed by atoms with Crippen molar-refractivity contribution in [3.63, 3.8) is 0 Å². The second-order valence-electron chi connectivity index (χ2n) is 8.79. The molecule has 2 nitrogen and oxygen atoms in total. The van der Waals surface area contributed by atoms with Crippen molar-refractivity contribution in [2.24, 2.45) is 0 Å². The van der Waals surface area contributed by atoms with Gasteiger partial charge in [-0.25, -0.2) is 0 Å². The van der Waals surface area contributed by atoms with E-state index >= 15 is 0 Å². The summed E-state index contributed by atoms with van der Waals surface area (Å²) < 4.78 is 206. The lowest BCUT2D eigenvalue weighted by Gasteiger charge is -2.15. The molecule has 9 aromatic rings. The van der Waals surface area contributed by atoms with Crippen LogP contribution in [0.25, 0.3) is 87.5 Å². The number of benzene rings is 7. The summed E-state index contributed by atoms with van der Waals surface area (Å²) in [6.07, 6.45) is -0.893. The first-order valence-electron chi connectivity index (χ1n) is 22.8. The van der Waals surface area contributed by atoms with E-state index in [-0.39, 0.29) is 0 Å². The van der Waals surface area contributed by atoms with Crippen LogP contribution in [0.3, 0.4) is 0 Å². The van der Waals surface area contributed by atoms with Gasteiger partial charge in [0, 0.05) is 27.5 Å². The van der Waals surface area contributed by atoms with Crippen LogP contribution < -0.4 is 0 Å². The number of hydrogen-bond acceptors (Lipinski definition) is 2. The molecule has 2 heterocycles. The predicted octanol–water partition coefficient (Wildman–Crippen LogP) is 11.1. The minimum Gasteiger partial charge on any atom is -0.464 e. The van der Waals surface area contributed by atoms with Crippen LogP contribution in [-0.4, -0.2) is 0 Å². The Hall–Kier alpha value is -5.34. The zero-order valence-electron chi connectivity index (χ0n) is 41.8. The molecule has 0 N–H and O–H groups in total. The van der Waals surface area contributed by atoms with Crippen LogP contribution >= 0.6 is 0 Å². The number of hydrogen-bond donors (Lipinski definition) is 0. The summed E-state index contributed by atoms with van der Waals surface area (Å²) in [5.41, 5.74) is -2.77. The normalized spacial score (nSPS) is 19.7. The molecule has 0 bridgehead atoms. The Balaban J connectivity index is 1.61. The van der Waals surface area contributed by atoms with Crippen LogP contribution in [0.5, 0.6) is 0 Å². The minimum atomic E-state index is -0.893. The zero-order chi connectivity index (χ0) is 45.4. The van der Waals surface area contributed by atoms with Gasteiger partial charge in [0.1, 0.15) is 18.3 Å². The monoisotopic (exact) mass is 532 g/mol. The highest BCUT2D eigenvalue weighted by Gasteiger charge is 2.21. The summed E-state index contributed by atoms with van der Waals surface area (Å²) in [6.45, 7) is 0. The molecular formula is C38H22O2. The van der Waals surface area contributed by atoms with E-state index in [9.17, 15) is 8.22 Å². The fourth-order valence-electron chi connectivity index (χ4n) is 4.98. The van der Waals surface area contributed by atoms with Gasteiger partial charge in [-0.1, -0.05) is 103 Å². The molecule has 9 rings (SSSR count). The van der Waals surface area contributed by atoms with Crippen molar-refractivity contribution in [3.05, 3.63) is 133 Å². The van der Waals surface area contributed by atoms with Gasteiger partial charge in [0.2, 0.25) is 0 Å². The first-order chi connectivity index (χ1) is 29.0. The second kappa shape index (κ2) is 8.08. The Morgan fingerprint density at radius 3 is 1.70 bits per heavy atom. The standard InChI is InChI=1S/C38H22O2/c1-2-11-25-20-35-31(19-24(25)10-1)33(22-39-35)37-27-13-5-7-15-29(27)38(30-16-8-6-14-28(30)37)36-21-32-26-12-4-3-9-23(26)17-18-34(32)40-36/h1-22H/i1D,2D,3D,4D,5D,6D,7D,8D,9D,10D,11D,12D,13D,14D,15D,16D,17D,18D,19D,20D,21D,22D. The van der Waals surface area contributed by atoms with E-state index in [4.69, 9.17) is 30.8 Å². The van der Waals surface area contributed by atoms with Gasteiger partial charge >= 0.3 is 0 Å². The molecule has 0 amide bonds. The molecule has 0 aliphatic carbocycles. The minimum absolute atomic E-state index is 0.399. The molecule has 186 valence electrons. The quantitative estimate of drug-likeness (QED) is 0.207. The highest BCUT2D eigenvalue weighted by molar-refractivity contribution is 6.24. The van der Waals surface area contributed by atoms with Gasteiger partial charge in [-0.3, -0.25) is 0 Å². The Kier molecular flexibility index (Phi) is 1.90. The average Bonchev–Trinajstić information content (AvgIpc) is 3.77. The third-order valence-corrected chi connectivity index (χ3v) is 6.67. The van der Waals surface area contributed by atoms with Crippen LogP contribution in [-0.2, 0) is 0 Å². The van der Waals surface area contributed by atoms with Gasteiger partial charge in [0.15, 0.2) is 0 Å². The summed E-state index contributed by atoms with van der Waals surface area (Å²) in [5.74, 6) is -0.691. The number of furan rings is 2. The van der Waals surface area contributed by atoms with Crippen LogP contribution in [0.15, 0.2) is 142 Å². The molecule has 0 saturated heterocycles. The maximum absolute atomic E-state index is 9.49. The molecule has 0 unspecified atom stereocenters. The Bertz CT molecular complexity index is 3580. The summed E-state index contributed by atoms with van der Waals surface area (Å²) in [4.78, 5) is 0. The SMILES string of the molecule is [2H]c1oc2c([2H])c3c([2H])c([2H])c([2H])c([2H])c3c([2H])c2c1-c1c2c([2H])c([2H])c([2H])c([2H])c2c(-c2oc3c([2H])c([2H])c4c([2H])c([2H])c([2H])c([2H])c4c3c2[2H])c2c([2H])c([2H])c([2H])c([2H])c12. The third kappa shape index (κ3) is 2.99. The molecule has 0 aliphatic heterocycles. The average molecular weight is 533 g/mol. The van der Waals surface area contributed by atoms with E-state index in [1.54, 1.807) is 0 Å². The van der Waals surface area contributed by atoms with Gasteiger partial charge in [0.25, 0.3) is 0 Å². The molecule has 0 aliphatic rings. The summed E-state index contributed by atoms with van der Waals surface area (Å²) >= 11 is 0. The summed E-state index contributed by atoms with van der Waals surface area (Å²) in [7, 11) is 0. The van der Waals surface area contributed by atoms with E-state index in [0.717, 1.165) is 0 Å². The summed E-state index contributed by atoms with van der Waals surface area (Å²) in [5, 5.41) is -4.92. The van der Waals surface area contributed by atoms with E-state index < -0.39 is 221 Å². The van der Waals surface area contributed by atoms with Crippen LogP contribution in [0.4, 0.5) is 0 Å². The molecule has 0 radical (unpaired) electrons. The molecule has 40 heavy (non-hydrogen) atoms. The van der Waals surface area contributed by atoms with Crippen molar-refractivity contribution in [2.45, 2.75) is 0 Å². The maximum atomic E-state index is 9.49. The first kappa shape index (κ1) is 9.39. The van der Waals surface area contributed by atoms with Gasteiger partial charge in [-0.05, 0) is 67.3 Å². The zero-order valence-corrected chi connectivity index (χ0v) is 19.8. The topological polar surface area (TPSA) is 26.3 Å². The van der Waals surface area contributed by atoms with Gasteiger partial charge < -0.3 is 8.83 Å². The van der Waals surface area contributed by atoms with Crippen molar-refractivity contribution < 1.29 is 39.0 Å². The van der Waals surface area contributed by atoms with Gasteiger partial charge in [-0.2, -0.15) is 0 Å². The molecule has 0 spiro atoms.